The van der Waals surface area contributed by atoms with Crippen molar-refractivity contribution in [3.05, 3.63) is 54.6 Å². The first-order valence-electron chi connectivity index (χ1n) is 7.36. The van der Waals surface area contributed by atoms with Gasteiger partial charge in [-0.3, -0.25) is 9.10 Å². The topological polar surface area (TPSA) is 72.9 Å². The number of hydrogen-bond acceptors (Lipinski definition) is 5. The zero-order valence-corrected chi connectivity index (χ0v) is 14.3. The van der Waals surface area contributed by atoms with Gasteiger partial charge in [0, 0.05) is 6.07 Å². The van der Waals surface area contributed by atoms with Gasteiger partial charge in [-0.05, 0) is 31.2 Å². The van der Waals surface area contributed by atoms with Crippen LogP contribution in [0, 0.1) is 0 Å². The number of carbonyl (C=O) groups is 1. The smallest absolute Gasteiger partial charge is 0.326 e. The Hall–Kier alpha value is -2.54. The average molecular weight is 349 g/mol. The van der Waals surface area contributed by atoms with Crippen molar-refractivity contribution >= 4 is 21.7 Å². The van der Waals surface area contributed by atoms with Crippen molar-refractivity contribution in [1.29, 1.82) is 0 Å². The van der Waals surface area contributed by atoms with Gasteiger partial charge in [0.05, 0.1) is 24.3 Å². The number of esters is 1. The summed E-state index contributed by atoms with van der Waals surface area (Å²) in [6.45, 7) is 1.86. The first-order valence-corrected chi connectivity index (χ1v) is 8.80. The van der Waals surface area contributed by atoms with Crippen molar-refractivity contribution in [3.63, 3.8) is 0 Å². The fourth-order valence-corrected chi connectivity index (χ4v) is 3.53. The normalized spacial score (nSPS) is 10.9. The minimum Gasteiger partial charge on any atom is -0.494 e. The molecule has 0 atom stereocenters. The van der Waals surface area contributed by atoms with E-state index < -0.39 is 22.5 Å². The first kappa shape index (κ1) is 17.8. The molecule has 0 heterocycles. The Morgan fingerprint density at radius 3 is 2.42 bits per heavy atom. The molecule has 7 heteroatoms. The molecule has 0 fully saturated rings. The number of rotatable bonds is 7. The van der Waals surface area contributed by atoms with E-state index in [9.17, 15) is 13.2 Å². The van der Waals surface area contributed by atoms with E-state index in [1.165, 1.54) is 19.2 Å². The van der Waals surface area contributed by atoms with E-state index in [2.05, 4.69) is 4.74 Å². The summed E-state index contributed by atoms with van der Waals surface area (Å²) in [5, 5.41) is 0. The molecule has 0 saturated heterocycles. The summed E-state index contributed by atoms with van der Waals surface area (Å²) in [4.78, 5) is 11.8. The van der Waals surface area contributed by atoms with Crippen molar-refractivity contribution in [1.82, 2.24) is 0 Å². The monoisotopic (exact) mass is 349 g/mol. The van der Waals surface area contributed by atoms with Crippen LogP contribution in [0.1, 0.15) is 6.92 Å². The molecule has 0 amide bonds. The molecule has 2 aromatic carbocycles. The number of sulfonamides is 1. The van der Waals surface area contributed by atoms with Gasteiger partial charge >= 0.3 is 5.97 Å². The number of benzene rings is 2. The third-order valence-corrected chi connectivity index (χ3v) is 5.04. The van der Waals surface area contributed by atoms with Gasteiger partial charge in [-0.2, -0.15) is 0 Å². The Morgan fingerprint density at radius 1 is 1.08 bits per heavy atom. The molecule has 0 aliphatic heterocycles. The maximum absolute atomic E-state index is 12.9. The molecule has 6 nitrogen and oxygen atoms in total. The van der Waals surface area contributed by atoms with E-state index >= 15 is 0 Å². The third kappa shape index (κ3) is 4.05. The van der Waals surface area contributed by atoms with Crippen LogP contribution in [0.3, 0.4) is 0 Å². The second-order valence-electron chi connectivity index (χ2n) is 4.83. The average Bonchev–Trinajstić information content (AvgIpc) is 2.60. The van der Waals surface area contributed by atoms with Gasteiger partial charge in [0.25, 0.3) is 10.0 Å². The number of anilines is 1. The molecule has 0 radical (unpaired) electrons. The van der Waals surface area contributed by atoms with Crippen molar-refractivity contribution in [2.45, 2.75) is 11.8 Å². The minimum atomic E-state index is -3.91. The zero-order valence-electron chi connectivity index (χ0n) is 13.5. The van der Waals surface area contributed by atoms with Gasteiger partial charge in [0.2, 0.25) is 0 Å². The van der Waals surface area contributed by atoms with Crippen molar-refractivity contribution in [2.24, 2.45) is 0 Å². The maximum Gasteiger partial charge on any atom is 0.326 e. The summed E-state index contributed by atoms with van der Waals surface area (Å²) in [6, 6.07) is 14.5. The molecule has 0 aliphatic rings. The fourth-order valence-electron chi connectivity index (χ4n) is 2.11. The Labute approximate surface area is 141 Å². The standard InChI is InChI=1S/C17H19NO5S/c1-3-23-15-9-7-8-14(12-15)18(13-17(19)22-2)24(20,21)16-10-5-4-6-11-16/h4-12H,3,13H2,1-2H3. The van der Waals surface area contributed by atoms with Gasteiger partial charge in [0.15, 0.2) is 0 Å². The molecular formula is C17H19NO5S. The van der Waals surface area contributed by atoms with Gasteiger partial charge in [0.1, 0.15) is 12.3 Å². The molecule has 0 unspecified atom stereocenters. The molecule has 0 saturated carbocycles. The number of ether oxygens (including phenoxy) is 2. The molecule has 0 N–H and O–H groups in total. The molecule has 24 heavy (non-hydrogen) atoms. The molecule has 0 bridgehead atoms. The lowest BCUT2D eigenvalue weighted by Gasteiger charge is -2.23. The fraction of sp³-hybridized carbons (Fsp3) is 0.235. The SMILES string of the molecule is CCOc1cccc(N(CC(=O)OC)S(=O)(=O)c2ccccc2)c1. The number of carbonyl (C=O) groups excluding carboxylic acids is 1. The Bertz CT molecular complexity index is 790. The van der Waals surface area contributed by atoms with Crippen LogP contribution in [0.25, 0.3) is 0 Å². The molecule has 2 rings (SSSR count). The molecule has 0 aromatic heterocycles. The summed E-state index contributed by atoms with van der Waals surface area (Å²) in [7, 11) is -2.70. The van der Waals surface area contributed by atoms with E-state index in [1.807, 2.05) is 6.92 Å². The van der Waals surface area contributed by atoms with Crippen LogP contribution < -0.4 is 9.04 Å². The predicted octanol–water partition coefficient (Wildman–Crippen LogP) is 2.45. The maximum atomic E-state index is 12.9. The van der Waals surface area contributed by atoms with Crippen LogP contribution in [0.5, 0.6) is 5.75 Å². The van der Waals surface area contributed by atoms with Crippen LogP contribution in [0.4, 0.5) is 5.69 Å². The summed E-state index contributed by atoms with van der Waals surface area (Å²) in [5.74, 6) is -0.135. The molecule has 0 spiro atoms. The lowest BCUT2D eigenvalue weighted by Crippen LogP contribution is -2.36. The Morgan fingerprint density at radius 2 is 1.79 bits per heavy atom. The lowest BCUT2D eigenvalue weighted by atomic mass is 10.3. The summed E-state index contributed by atoms with van der Waals surface area (Å²) >= 11 is 0. The highest BCUT2D eigenvalue weighted by molar-refractivity contribution is 7.92. The van der Waals surface area contributed by atoms with Crippen molar-refractivity contribution in [2.75, 3.05) is 24.6 Å². The number of methoxy groups -OCH3 is 1. The van der Waals surface area contributed by atoms with Crippen LogP contribution >= 0.6 is 0 Å². The van der Waals surface area contributed by atoms with Crippen LogP contribution in [0.15, 0.2) is 59.5 Å². The van der Waals surface area contributed by atoms with Gasteiger partial charge in [-0.25, -0.2) is 8.42 Å². The molecule has 0 aliphatic carbocycles. The van der Waals surface area contributed by atoms with E-state index in [4.69, 9.17) is 4.74 Å². The summed E-state index contributed by atoms with van der Waals surface area (Å²) in [6.07, 6.45) is 0. The number of hydrogen-bond donors (Lipinski definition) is 0. The zero-order chi connectivity index (χ0) is 17.6. The van der Waals surface area contributed by atoms with Gasteiger partial charge in [-0.1, -0.05) is 24.3 Å². The minimum absolute atomic E-state index is 0.0933. The van der Waals surface area contributed by atoms with E-state index in [0.29, 0.717) is 18.0 Å². The van der Waals surface area contributed by atoms with Gasteiger partial charge in [-0.15, -0.1) is 0 Å². The third-order valence-electron chi connectivity index (χ3n) is 3.25. The predicted molar refractivity (Wildman–Crippen MR) is 90.6 cm³/mol. The highest BCUT2D eigenvalue weighted by atomic mass is 32.2. The Balaban J connectivity index is 2.49. The lowest BCUT2D eigenvalue weighted by molar-refractivity contribution is -0.138. The first-order chi connectivity index (χ1) is 11.5. The second kappa shape index (κ2) is 7.83. The van der Waals surface area contributed by atoms with Crippen LogP contribution in [-0.4, -0.2) is 34.6 Å². The van der Waals surface area contributed by atoms with E-state index in [-0.39, 0.29) is 4.90 Å². The summed E-state index contributed by atoms with van der Waals surface area (Å²) < 4.78 is 36.9. The van der Waals surface area contributed by atoms with E-state index in [0.717, 1.165) is 4.31 Å². The van der Waals surface area contributed by atoms with Crippen molar-refractivity contribution in [3.8, 4) is 5.75 Å². The molecule has 2 aromatic rings. The molecule has 128 valence electrons. The van der Waals surface area contributed by atoms with Crippen molar-refractivity contribution < 1.29 is 22.7 Å². The largest absolute Gasteiger partial charge is 0.494 e. The second-order valence-corrected chi connectivity index (χ2v) is 6.69. The van der Waals surface area contributed by atoms with Gasteiger partial charge < -0.3 is 9.47 Å². The summed E-state index contributed by atoms with van der Waals surface area (Å²) in [5.41, 5.74) is 0.329. The quantitative estimate of drug-likeness (QED) is 0.718. The Kier molecular flexibility index (Phi) is 5.81. The molecular weight excluding hydrogens is 330 g/mol. The highest BCUT2D eigenvalue weighted by Crippen LogP contribution is 2.27. The van der Waals surface area contributed by atoms with E-state index in [1.54, 1.807) is 42.5 Å². The van der Waals surface area contributed by atoms with Crippen LogP contribution in [0.2, 0.25) is 0 Å². The highest BCUT2D eigenvalue weighted by Gasteiger charge is 2.27. The number of nitrogens with zero attached hydrogens (tertiary/aromatic N) is 1. The van der Waals surface area contributed by atoms with Crippen LogP contribution in [-0.2, 0) is 19.6 Å².